The van der Waals surface area contributed by atoms with Crippen LogP contribution in [0.4, 0.5) is 5.00 Å². The molecule has 1 heterocycles. The Morgan fingerprint density at radius 2 is 2.22 bits per heavy atom. The van der Waals surface area contributed by atoms with Gasteiger partial charge >= 0.3 is 5.97 Å². The quantitative estimate of drug-likeness (QED) is 0.725. The minimum atomic E-state index is -3.62. The van der Waals surface area contributed by atoms with E-state index in [1.54, 1.807) is 6.92 Å². The standard InChI is InChI=1S/C9H14N2O5S2/c1-3-16-4-5-18(14,15)11-8-7(9(12)13)6(2)10-17-8/h11H,3-5H2,1-2H3,(H,12,13). The van der Waals surface area contributed by atoms with Gasteiger partial charge in [0.1, 0.15) is 10.6 Å². The lowest BCUT2D eigenvalue weighted by Gasteiger charge is -2.06. The average Bonchev–Trinajstić information content (AvgIpc) is 2.59. The molecule has 7 nitrogen and oxygen atoms in total. The fourth-order valence-corrected chi connectivity index (χ4v) is 3.20. The number of rotatable bonds is 7. The van der Waals surface area contributed by atoms with E-state index in [9.17, 15) is 13.2 Å². The second kappa shape index (κ2) is 6.12. The van der Waals surface area contributed by atoms with E-state index in [4.69, 9.17) is 9.84 Å². The highest BCUT2D eigenvalue weighted by Crippen LogP contribution is 2.25. The Bertz CT molecular complexity index is 523. The van der Waals surface area contributed by atoms with Gasteiger partial charge in [0.05, 0.1) is 18.1 Å². The first-order valence-corrected chi connectivity index (χ1v) is 7.57. The highest BCUT2D eigenvalue weighted by molar-refractivity contribution is 7.92. The number of carbonyl (C=O) groups is 1. The first-order valence-electron chi connectivity index (χ1n) is 5.15. The Morgan fingerprint density at radius 1 is 1.56 bits per heavy atom. The summed E-state index contributed by atoms with van der Waals surface area (Å²) < 4.78 is 34.3. The van der Waals surface area contributed by atoms with Gasteiger partial charge in [0, 0.05) is 6.61 Å². The van der Waals surface area contributed by atoms with E-state index in [1.807, 2.05) is 0 Å². The third-order valence-corrected chi connectivity index (χ3v) is 4.23. The Labute approximate surface area is 109 Å². The Hall–Kier alpha value is -1.19. The molecule has 0 aliphatic heterocycles. The van der Waals surface area contributed by atoms with Gasteiger partial charge in [0.25, 0.3) is 0 Å². The summed E-state index contributed by atoms with van der Waals surface area (Å²) in [5.41, 5.74) is 0.176. The van der Waals surface area contributed by atoms with Gasteiger partial charge in [-0.3, -0.25) is 4.72 Å². The SMILES string of the molecule is CCOCCS(=O)(=O)Nc1snc(C)c1C(=O)O. The van der Waals surface area contributed by atoms with Gasteiger partial charge in [-0.15, -0.1) is 0 Å². The first-order chi connectivity index (χ1) is 8.37. The van der Waals surface area contributed by atoms with Crippen LogP contribution in [0.5, 0.6) is 0 Å². The van der Waals surface area contributed by atoms with E-state index in [2.05, 4.69) is 9.10 Å². The molecule has 0 radical (unpaired) electrons. The van der Waals surface area contributed by atoms with Crippen LogP contribution in [-0.2, 0) is 14.8 Å². The molecule has 0 aromatic carbocycles. The highest BCUT2D eigenvalue weighted by Gasteiger charge is 2.21. The number of carboxylic acids is 1. The van der Waals surface area contributed by atoms with Crippen molar-refractivity contribution in [1.82, 2.24) is 4.37 Å². The molecule has 0 saturated heterocycles. The maximum atomic E-state index is 11.7. The number of anilines is 1. The second-order valence-electron chi connectivity index (χ2n) is 3.40. The fourth-order valence-electron chi connectivity index (χ4n) is 1.20. The van der Waals surface area contributed by atoms with Crippen LogP contribution in [0.3, 0.4) is 0 Å². The van der Waals surface area contributed by atoms with Crippen LogP contribution in [0, 0.1) is 6.92 Å². The molecule has 0 aliphatic rings. The van der Waals surface area contributed by atoms with Crippen molar-refractivity contribution in [1.29, 1.82) is 0 Å². The number of sulfonamides is 1. The minimum absolute atomic E-state index is 0.0245. The van der Waals surface area contributed by atoms with Crippen LogP contribution in [0.1, 0.15) is 23.0 Å². The molecule has 0 amide bonds. The van der Waals surface area contributed by atoms with E-state index in [0.29, 0.717) is 6.61 Å². The lowest BCUT2D eigenvalue weighted by Crippen LogP contribution is -2.20. The second-order valence-corrected chi connectivity index (χ2v) is 6.01. The Morgan fingerprint density at radius 3 is 2.78 bits per heavy atom. The molecule has 0 aliphatic carbocycles. The largest absolute Gasteiger partial charge is 0.478 e. The zero-order valence-electron chi connectivity index (χ0n) is 9.97. The average molecular weight is 294 g/mol. The van der Waals surface area contributed by atoms with Crippen LogP contribution in [0.2, 0.25) is 0 Å². The molecule has 1 rings (SSSR count). The van der Waals surface area contributed by atoms with Crippen LogP contribution < -0.4 is 4.72 Å². The zero-order chi connectivity index (χ0) is 13.8. The van der Waals surface area contributed by atoms with Crippen molar-refractivity contribution < 1.29 is 23.1 Å². The van der Waals surface area contributed by atoms with E-state index in [1.165, 1.54) is 6.92 Å². The van der Waals surface area contributed by atoms with E-state index in [0.717, 1.165) is 11.5 Å². The summed E-state index contributed by atoms with van der Waals surface area (Å²) in [6.45, 7) is 3.76. The molecule has 1 aromatic heterocycles. The van der Waals surface area contributed by atoms with Crippen LogP contribution >= 0.6 is 11.5 Å². The summed E-state index contributed by atoms with van der Waals surface area (Å²) in [5.74, 6) is -1.43. The van der Waals surface area contributed by atoms with Crippen LogP contribution in [-0.4, -0.2) is 42.8 Å². The summed E-state index contributed by atoms with van der Waals surface area (Å²) in [7, 11) is -3.62. The fraction of sp³-hybridized carbons (Fsp3) is 0.556. The van der Waals surface area contributed by atoms with Gasteiger partial charge in [-0.05, 0) is 25.4 Å². The number of ether oxygens (including phenoxy) is 1. The molecule has 0 bridgehead atoms. The lowest BCUT2D eigenvalue weighted by atomic mass is 10.2. The van der Waals surface area contributed by atoms with Crippen LogP contribution in [0.15, 0.2) is 0 Å². The van der Waals surface area contributed by atoms with Crippen molar-refractivity contribution in [2.45, 2.75) is 13.8 Å². The smallest absolute Gasteiger partial charge is 0.340 e. The molecule has 2 N–H and O–H groups in total. The predicted molar refractivity (Wildman–Crippen MR) is 67.7 cm³/mol. The molecule has 0 unspecified atom stereocenters. The van der Waals surface area contributed by atoms with Crippen molar-refractivity contribution in [3.8, 4) is 0 Å². The lowest BCUT2D eigenvalue weighted by molar-refractivity contribution is 0.0697. The number of aromatic nitrogens is 1. The predicted octanol–water partition coefficient (Wildman–Crippen LogP) is 0.928. The van der Waals surface area contributed by atoms with Crippen molar-refractivity contribution in [2.24, 2.45) is 0 Å². The number of aryl methyl sites for hydroxylation is 1. The van der Waals surface area contributed by atoms with E-state index < -0.39 is 16.0 Å². The van der Waals surface area contributed by atoms with Gasteiger partial charge in [-0.1, -0.05) is 0 Å². The summed E-state index contributed by atoms with van der Waals surface area (Å²) >= 11 is 0.809. The van der Waals surface area contributed by atoms with Gasteiger partial charge in [0.15, 0.2) is 0 Å². The highest BCUT2D eigenvalue weighted by atomic mass is 32.2. The summed E-state index contributed by atoms with van der Waals surface area (Å²) in [4.78, 5) is 11.0. The molecule has 18 heavy (non-hydrogen) atoms. The van der Waals surface area contributed by atoms with Gasteiger partial charge in [-0.2, -0.15) is 4.37 Å². The maximum Gasteiger partial charge on any atom is 0.340 e. The number of hydrogen-bond donors (Lipinski definition) is 2. The molecular weight excluding hydrogens is 280 g/mol. The third kappa shape index (κ3) is 3.93. The number of hydrogen-bond acceptors (Lipinski definition) is 6. The molecule has 0 saturated carbocycles. The maximum absolute atomic E-state index is 11.7. The van der Waals surface area contributed by atoms with E-state index >= 15 is 0 Å². The number of nitrogens with zero attached hydrogens (tertiary/aromatic N) is 1. The number of carboxylic acid groups (broad SMARTS) is 1. The van der Waals surface area contributed by atoms with Crippen molar-refractivity contribution >= 4 is 32.5 Å². The minimum Gasteiger partial charge on any atom is -0.478 e. The van der Waals surface area contributed by atoms with Crippen LogP contribution in [0.25, 0.3) is 0 Å². The Balaban J connectivity index is 2.81. The van der Waals surface area contributed by atoms with Crippen molar-refractivity contribution in [3.63, 3.8) is 0 Å². The molecular formula is C9H14N2O5S2. The molecule has 0 spiro atoms. The van der Waals surface area contributed by atoms with Crippen molar-refractivity contribution in [2.75, 3.05) is 23.7 Å². The number of aromatic carboxylic acids is 1. The molecule has 102 valence electrons. The summed E-state index contributed by atoms with van der Waals surface area (Å²) in [5, 5.41) is 8.98. The Kier molecular flexibility index (Phi) is 5.05. The molecule has 0 atom stereocenters. The molecule has 0 fully saturated rings. The number of nitrogens with one attached hydrogen (secondary N) is 1. The van der Waals surface area contributed by atoms with Gasteiger partial charge in [0.2, 0.25) is 10.0 Å². The van der Waals surface area contributed by atoms with Gasteiger partial charge in [-0.25, -0.2) is 13.2 Å². The zero-order valence-corrected chi connectivity index (χ0v) is 11.6. The summed E-state index contributed by atoms with van der Waals surface area (Å²) in [6.07, 6.45) is 0. The van der Waals surface area contributed by atoms with Crippen molar-refractivity contribution in [3.05, 3.63) is 11.3 Å². The van der Waals surface area contributed by atoms with Gasteiger partial charge < -0.3 is 9.84 Å². The first kappa shape index (κ1) is 14.9. The topological polar surface area (TPSA) is 106 Å². The molecule has 9 heteroatoms. The third-order valence-electron chi connectivity index (χ3n) is 2.03. The summed E-state index contributed by atoms with van der Waals surface area (Å²) in [6, 6.07) is 0. The normalized spacial score (nSPS) is 11.4. The van der Waals surface area contributed by atoms with E-state index in [-0.39, 0.29) is 28.6 Å². The molecule has 1 aromatic rings. The monoisotopic (exact) mass is 294 g/mol.